The van der Waals surface area contributed by atoms with Gasteiger partial charge in [0.05, 0.1) is 36.1 Å². The van der Waals surface area contributed by atoms with Gasteiger partial charge in [0.15, 0.2) is 16.6 Å². The lowest BCUT2D eigenvalue weighted by Crippen LogP contribution is -2.05. The van der Waals surface area contributed by atoms with Crippen LogP contribution in [0.25, 0.3) is 11.2 Å². The minimum Gasteiger partial charge on any atom is -0.497 e. The average molecular weight is 364 g/mol. The monoisotopic (exact) mass is 363 g/mol. The summed E-state index contributed by atoms with van der Waals surface area (Å²) in [7, 11) is 3.08. The molecule has 24 heavy (non-hydrogen) atoms. The van der Waals surface area contributed by atoms with Crippen molar-refractivity contribution in [1.29, 1.82) is 0 Å². The van der Waals surface area contributed by atoms with E-state index in [0.29, 0.717) is 32.9 Å². The summed E-state index contributed by atoms with van der Waals surface area (Å²) in [5.41, 5.74) is 1.77. The van der Waals surface area contributed by atoms with Gasteiger partial charge in [-0.3, -0.25) is 4.79 Å². The van der Waals surface area contributed by atoms with Crippen molar-refractivity contribution in [1.82, 2.24) is 15.0 Å². The molecule has 3 rings (SSSR count). The highest BCUT2D eigenvalue weighted by Crippen LogP contribution is 2.27. The maximum absolute atomic E-state index is 12.5. The molecule has 0 bridgehead atoms. The highest BCUT2D eigenvalue weighted by atomic mass is 35.5. The number of carbonyl (C=O) groups excluding carboxylic acids is 1. The summed E-state index contributed by atoms with van der Waals surface area (Å²) in [4.78, 5) is 24.0. The fourth-order valence-electron chi connectivity index (χ4n) is 2.16. The van der Waals surface area contributed by atoms with E-state index in [1.807, 2.05) is 0 Å². The van der Waals surface area contributed by atoms with Crippen LogP contribution in [0, 0.1) is 0 Å². The average Bonchev–Trinajstić information content (AvgIpc) is 3.01. The lowest BCUT2D eigenvalue weighted by Gasteiger charge is -2.09. The van der Waals surface area contributed by atoms with Gasteiger partial charge in [0.1, 0.15) is 11.5 Å². The molecule has 0 saturated carbocycles. The number of methoxy groups -OCH3 is 2. The van der Waals surface area contributed by atoms with Gasteiger partial charge in [-0.05, 0) is 24.3 Å². The Bertz CT molecular complexity index is 897. The van der Waals surface area contributed by atoms with Crippen LogP contribution in [-0.2, 0) is 0 Å². The van der Waals surface area contributed by atoms with Crippen LogP contribution in [0.15, 0.2) is 35.6 Å². The summed E-state index contributed by atoms with van der Waals surface area (Å²) in [6.45, 7) is 0. The van der Waals surface area contributed by atoms with Crippen LogP contribution in [0.5, 0.6) is 11.5 Å². The molecule has 0 radical (unpaired) electrons. The molecule has 0 unspecified atom stereocenters. The van der Waals surface area contributed by atoms with E-state index >= 15 is 0 Å². The van der Waals surface area contributed by atoms with Crippen LogP contribution >= 0.6 is 23.4 Å². The zero-order chi connectivity index (χ0) is 17.1. The van der Waals surface area contributed by atoms with Gasteiger partial charge in [-0.1, -0.05) is 23.4 Å². The number of Topliss-reactive ketones (excluding diaryl/α,β-unsaturated/α-hetero) is 1. The minimum absolute atomic E-state index is 0.0813. The summed E-state index contributed by atoms with van der Waals surface area (Å²) in [6.07, 6.45) is 1.53. The normalized spacial score (nSPS) is 10.8. The molecule has 0 atom stereocenters. The Kier molecular flexibility index (Phi) is 4.92. The van der Waals surface area contributed by atoms with E-state index in [9.17, 15) is 4.79 Å². The van der Waals surface area contributed by atoms with Crippen LogP contribution in [-0.4, -0.2) is 40.7 Å². The third-order valence-corrected chi connectivity index (χ3v) is 4.41. The van der Waals surface area contributed by atoms with Crippen molar-refractivity contribution in [3.05, 3.63) is 41.0 Å². The Morgan fingerprint density at radius 1 is 1.29 bits per heavy atom. The second kappa shape index (κ2) is 7.11. The van der Waals surface area contributed by atoms with E-state index in [0.717, 1.165) is 5.52 Å². The Hall–Kier alpha value is -2.25. The summed E-state index contributed by atoms with van der Waals surface area (Å²) in [6, 6.07) is 6.87. The van der Waals surface area contributed by atoms with Gasteiger partial charge in [0, 0.05) is 6.20 Å². The molecule has 1 N–H and O–H groups in total. The Morgan fingerprint density at radius 3 is 2.88 bits per heavy atom. The third kappa shape index (κ3) is 3.47. The number of H-pyrrole nitrogens is 1. The van der Waals surface area contributed by atoms with Crippen molar-refractivity contribution in [2.45, 2.75) is 5.16 Å². The highest BCUT2D eigenvalue weighted by molar-refractivity contribution is 7.99. The van der Waals surface area contributed by atoms with Gasteiger partial charge in [-0.15, -0.1) is 0 Å². The topological polar surface area (TPSA) is 77.1 Å². The molecular weight excluding hydrogens is 350 g/mol. The lowest BCUT2D eigenvalue weighted by molar-refractivity contribution is 0.101. The number of ketones is 1. The molecule has 0 aliphatic rings. The van der Waals surface area contributed by atoms with Gasteiger partial charge >= 0.3 is 0 Å². The molecule has 0 fully saturated rings. The predicted octanol–water partition coefficient (Wildman–Crippen LogP) is 3.60. The molecule has 6 nitrogen and oxygen atoms in total. The van der Waals surface area contributed by atoms with Crippen molar-refractivity contribution in [3.63, 3.8) is 0 Å². The number of fused-ring (bicyclic) bond motifs is 1. The third-order valence-electron chi connectivity index (χ3n) is 3.33. The molecule has 0 aliphatic heterocycles. The van der Waals surface area contributed by atoms with E-state index in [-0.39, 0.29) is 11.5 Å². The second-order valence-corrected chi connectivity index (χ2v) is 6.25. The fraction of sp³-hybridized carbons (Fsp3) is 0.188. The van der Waals surface area contributed by atoms with Crippen molar-refractivity contribution < 1.29 is 14.3 Å². The summed E-state index contributed by atoms with van der Waals surface area (Å²) in [5, 5.41) is 1.13. The van der Waals surface area contributed by atoms with Crippen molar-refractivity contribution >= 4 is 40.3 Å². The number of thioether (sulfide) groups is 1. The first kappa shape index (κ1) is 16.6. The fourth-order valence-corrected chi connectivity index (χ4v) is 3.08. The van der Waals surface area contributed by atoms with E-state index in [1.165, 1.54) is 25.1 Å². The molecule has 3 aromatic rings. The molecule has 124 valence electrons. The highest BCUT2D eigenvalue weighted by Gasteiger charge is 2.15. The molecule has 0 spiro atoms. The Balaban J connectivity index is 1.77. The van der Waals surface area contributed by atoms with Gasteiger partial charge in [-0.25, -0.2) is 9.97 Å². The zero-order valence-corrected chi connectivity index (χ0v) is 14.6. The lowest BCUT2D eigenvalue weighted by atomic mass is 10.1. The Morgan fingerprint density at radius 2 is 2.12 bits per heavy atom. The summed E-state index contributed by atoms with van der Waals surface area (Å²) in [5.74, 6) is 1.24. The first-order chi connectivity index (χ1) is 11.6. The first-order valence-corrected chi connectivity index (χ1v) is 8.36. The largest absolute Gasteiger partial charge is 0.497 e. The van der Waals surface area contributed by atoms with Crippen LogP contribution in [0.1, 0.15) is 10.4 Å². The molecule has 1 aromatic carbocycles. The van der Waals surface area contributed by atoms with Crippen molar-refractivity contribution in [2.24, 2.45) is 0 Å². The Labute approximate surface area is 147 Å². The smallest absolute Gasteiger partial charge is 0.178 e. The first-order valence-electron chi connectivity index (χ1n) is 7.00. The van der Waals surface area contributed by atoms with E-state index < -0.39 is 0 Å². The van der Waals surface area contributed by atoms with Crippen LogP contribution in [0.2, 0.25) is 5.02 Å². The number of aromatic nitrogens is 3. The van der Waals surface area contributed by atoms with Gasteiger partial charge in [-0.2, -0.15) is 0 Å². The minimum atomic E-state index is -0.0813. The number of aromatic amines is 1. The summed E-state index contributed by atoms with van der Waals surface area (Å²) < 4.78 is 10.4. The van der Waals surface area contributed by atoms with Crippen molar-refractivity contribution in [2.75, 3.05) is 20.0 Å². The molecule has 2 heterocycles. The molecular formula is C16H14ClN3O3S. The maximum atomic E-state index is 12.5. The van der Waals surface area contributed by atoms with Gasteiger partial charge in [0.25, 0.3) is 0 Å². The number of halogens is 1. The predicted molar refractivity (Wildman–Crippen MR) is 93.5 cm³/mol. The number of hydrogen-bond donors (Lipinski definition) is 1. The SMILES string of the molecule is COc1ccc(OC)c(C(=O)CSc2nc3ncc(Cl)cc3[nH]2)c1. The number of ether oxygens (including phenoxy) is 2. The maximum Gasteiger partial charge on any atom is 0.178 e. The van der Waals surface area contributed by atoms with Crippen LogP contribution in [0.3, 0.4) is 0 Å². The number of hydrogen-bond acceptors (Lipinski definition) is 6. The summed E-state index contributed by atoms with van der Waals surface area (Å²) >= 11 is 7.19. The number of imidazole rings is 1. The quantitative estimate of drug-likeness (QED) is 0.532. The molecule has 0 saturated heterocycles. The number of benzene rings is 1. The number of nitrogens with one attached hydrogen (secondary N) is 1. The van der Waals surface area contributed by atoms with E-state index in [2.05, 4.69) is 15.0 Å². The molecule has 2 aromatic heterocycles. The second-order valence-electron chi connectivity index (χ2n) is 4.84. The molecule has 0 amide bonds. The molecule has 0 aliphatic carbocycles. The van der Waals surface area contributed by atoms with Crippen LogP contribution < -0.4 is 9.47 Å². The van der Waals surface area contributed by atoms with E-state index in [4.69, 9.17) is 21.1 Å². The van der Waals surface area contributed by atoms with Gasteiger partial charge < -0.3 is 14.5 Å². The standard InChI is InChI=1S/C16H14ClN3O3S/c1-22-10-3-4-14(23-2)11(6-10)13(21)8-24-16-19-12-5-9(17)7-18-15(12)20-16/h3-7H,8H2,1-2H3,(H,18,19,20). The van der Waals surface area contributed by atoms with Crippen molar-refractivity contribution in [3.8, 4) is 11.5 Å². The number of carbonyl (C=O) groups is 1. The van der Waals surface area contributed by atoms with Gasteiger partial charge in [0.2, 0.25) is 0 Å². The van der Waals surface area contributed by atoms with Crippen LogP contribution in [0.4, 0.5) is 0 Å². The number of pyridine rings is 1. The van der Waals surface area contributed by atoms with E-state index in [1.54, 1.807) is 31.4 Å². The molecule has 8 heteroatoms. The number of rotatable bonds is 6. The number of nitrogens with zero attached hydrogens (tertiary/aromatic N) is 2. The zero-order valence-electron chi connectivity index (χ0n) is 13.0.